The average Bonchev–Trinajstić information content (AvgIpc) is 3.10. The van der Waals surface area contributed by atoms with Crippen LogP contribution in [0.4, 0.5) is 0 Å². The molecule has 13 heteroatoms. The van der Waals surface area contributed by atoms with Crippen molar-refractivity contribution in [1.82, 2.24) is 16.0 Å². The van der Waals surface area contributed by atoms with Gasteiger partial charge in [-0.3, -0.25) is 9.59 Å². The molecule has 0 saturated carbocycles. The molecule has 2 aromatic rings. The molecule has 0 aliphatic rings. The van der Waals surface area contributed by atoms with Crippen LogP contribution in [0.1, 0.15) is 73.7 Å². The number of nitrogens with two attached hydrogens (primary N) is 4. The number of carbonyl (C=O) groups excluding carboxylic acids is 1. The van der Waals surface area contributed by atoms with Crippen molar-refractivity contribution in [3.8, 4) is 5.75 Å². The molecule has 2 aromatic carbocycles. The second-order valence-electron chi connectivity index (χ2n) is 10.8. The Labute approximate surface area is 292 Å². The van der Waals surface area contributed by atoms with E-state index in [1.807, 2.05) is 6.07 Å². The molecular formula is C36H63N7O6. The fourth-order valence-electron chi connectivity index (χ4n) is 3.69. The van der Waals surface area contributed by atoms with Crippen molar-refractivity contribution in [2.24, 2.45) is 22.9 Å². The van der Waals surface area contributed by atoms with Gasteiger partial charge < -0.3 is 54.2 Å². The Bertz CT molecular complexity index is 1050. The molecule has 0 unspecified atom stereocenters. The van der Waals surface area contributed by atoms with E-state index in [0.717, 1.165) is 103 Å². The quantitative estimate of drug-likeness (QED) is 0.0433. The lowest BCUT2D eigenvalue weighted by Crippen LogP contribution is -2.22. The summed E-state index contributed by atoms with van der Waals surface area (Å²) in [5, 5.41) is 35.6. The lowest BCUT2D eigenvalue weighted by Gasteiger charge is -2.04. The first-order chi connectivity index (χ1) is 23.7. The average molecular weight is 690 g/mol. The predicted molar refractivity (Wildman–Crippen MR) is 200 cm³/mol. The van der Waals surface area contributed by atoms with Crippen LogP contribution in [0, 0.1) is 0 Å². The fraction of sp³-hybridized carbons (Fsp3) is 0.528. The van der Waals surface area contributed by atoms with Crippen LogP contribution in [-0.4, -0.2) is 98.5 Å². The Morgan fingerprint density at radius 3 is 1.41 bits per heavy atom. The van der Waals surface area contributed by atoms with Crippen LogP contribution in [0.2, 0.25) is 0 Å². The van der Waals surface area contributed by atoms with Gasteiger partial charge in [-0.05, 0) is 134 Å². The number of unbranched alkanes of at least 4 members (excludes halogenated alkanes) is 2. The lowest BCUT2D eigenvalue weighted by atomic mass is 10.1. The number of benzene rings is 2. The van der Waals surface area contributed by atoms with E-state index in [4.69, 9.17) is 38.3 Å². The van der Waals surface area contributed by atoms with E-state index in [1.165, 1.54) is 37.5 Å². The van der Waals surface area contributed by atoms with E-state index in [-0.39, 0.29) is 24.4 Å². The van der Waals surface area contributed by atoms with E-state index in [1.54, 1.807) is 36.4 Å². The number of phenols is 1. The maximum atomic E-state index is 11.3. The second kappa shape index (κ2) is 37.1. The number of aromatic hydroxyl groups is 1. The van der Waals surface area contributed by atoms with Crippen molar-refractivity contribution in [3.05, 3.63) is 71.8 Å². The monoisotopic (exact) mass is 689 g/mol. The Hall–Kier alpha value is -3.69. The molecule has 0 aromatic heterocycles. The van der Waals surface area contributed by atoms with Gasteiger partial charge in [0.25, 0.3) is 0 Å². The standard InChI is InChI=1S/C10H26N4.C10H10O3.C9H8O3.C7H19N3/c11-5-3-9-13-7-1-2-8-14-10-4-6-12;11-9(6-7-10(12)13)8-4-2-1-3-5-8;10-8-4-1-7(2-5-8)3-6-9(11)12;8-4-1-2-6-10-7-3-5-9/h13-14H,1-12H2;1-5H,6-7H2,(H,12,13);1-6,10H,(H,11,12);10H,1-9H2/b;;6-3+;. The first-order valence-corrected chi connectivity index (χ1v) is 17.1. The van der Waals surface area contributed by atoms with Gasteiger partial charge in [0.2, 0.25) is 0 Å². The number of Topliss-reactive ketones (excluding diaryl/α,β-unsaturated/α-hetero) is 1. The third-order valence-electron chi connectivity index (χ3n) is 6.41. The molecule has 13 nitrogen and oxygen atoms in total. The van der Waals surface area contributed by atoms with Gasteiger partial charge >= 0.3 is 11.9 Å². The van der Waals surface area contributed by atoms with E-state index in [2.05, 4.69) is 16.0 Å². The van der Waals surface area contributed by atoms with Crippen molar-refractivity contribution >= 4 is 23.8 Å². The van der Waals surface area contributed by atoms with Gasteiger partial charge in [0.1, 0.15) is 5.75 Å². The molecular weight excluding hydrogens is 626 g/mol. The van der Waals surface area contributed by atoms with Crippen molar-refractivity contribution in [1.29, 1.82) is 0 Å². The number of carboxylic acid groups (broad SMARTS) is 2. The Morgan fingerprint density at radius 1 is 0.571 bits per heavy atom. The van der Waals surface area contributed by atoms with Crippen LogP contribution in [-0.2, 0) is 9.59 Å². The highest BCUT2D eigenvalue weighted by Crippen LogP contribution is 2.10. The SMILES string of the molecule is NCCCCNCCCN.NCCCNCCCCNCCCN.O=C(O)/C=C/c1ccc(O)cc1.O=C(O)CCC(=O)c1ccccc1. The molecule has 278 valence electrons. The number of rotatable bonds is 24. The summed E-state index contributed by atoms with van der Waals surface area (Å²) < 4.78 is 0. The molecule has 49 heavy (non-hydrogen) atoms. The Balaban J connectivity index is 0. The van der Waals surface area contributed by atoms with E-state index < -0.39 is 11.9 Å². The van der Waals surface area contributed by atoms with E-state index >= 15 is 0 Å². The van der Waals surface area contributed by atoms with Gasteiger partial charge in [-0.2, -0.15) is 0 Å². The zero-order valence-corrected chi connectivity index (χ0v) is 29.2. The summed E-state index contributed by atoms with van der Waals surface area (Å²) >= 11 is 0. The van der Waals surface area contributed by atoms with Gasteiger partial charge in [-0.15, -0.1) is 0 Å². The molecule has 14 N–H and O–H groups in total. The van der Waals surface area contributed by atoms with Crippen LogP contribution in [0.25, 0.3) is 6.08 Å². The third-order valence-corrected chi connectivity index (χ3v) is 6.41. The Kier molecular flexibility index (Phi) is 35.9. The highest BCUT2D eigenvalue weighted by atomic mass is 16.4. The number of hydrogen-bond acceptors (Lipinski definition) is 11. The number of hydrogen-bond donors (Lipinski definition) is 10. The molecule has 2 rings (SSSR count). The zero-order valence-electron chi connectivity index (χ0n) is 29.2. The lowest BCUT2D eigenvalue weighted by molar-refractivity contribution is -0.137. The molecule has 0 fully saturated rings. The molecule has 0 aliphatic heterocycles. The molecule has 0 amide bonds. The van der Waals surface area contributed by atoms with E-state index in [9.17, 15) is 14.4 Å². The van der Waals surface area contributed by atoms with Gasteiger partial charge in [0.15, 0.2) is 5.78 Å². The molecule has 0 saturated heterocycles. The minimum Gasteiger partial charge on any atom is -0.508 e. The number of phenolic OH excluding ortho intramolecular Hbond substituents is 1. The van der Waals surface area contributed by atoms with Crippen LogP contribution in [0.3, 0.4) is 0 Å². The highest BCUT2D eigenvalue weighted by Gasteiger charge is 2.06. The predicted octanol–water partition coefficient (Wildman–Crippen LogP) is 2.53. The van der Waals surface area contributed by atoms with Crippen LogP contribution in [0.15, 0.2) is 60.7 Å². The Morgan fingerprint density at radius 2 is 1.00 bits per heavy atom. The summed E-state index contributed by atoms with van der Waals surface area (Å²) in [6, 6.07) is 15.0. The molecule has 0 radical (unpaired) electrons. The van der Waals surface area contributed by atoms with Gasteiger partial charge in [0, 0.05) is 18.1 Å². The third kappa shape index (κ3) is 37.0. The highest BCUT2D eigenvalue weighted by molar-refractivity contribution is 5.97. The minimum atomic E-state index is -0.983. The van der Waals surface area contributed by atoms with Gasteiger partial charge in [-0.1, -0.05) is 42.5 Å². The number of carboxylic acids is 2. The largest absolute Gasteiger partial charge is 0.508 e. The van der Waals surface area contributed by atoms with Crippen molar-refractivity contribution in [2.45, 2.75) is 57.8 Å². The zero-order chi connectivity index (χ0) is 36.8. The maximum absolute atomic E-state index is 11.3. The normalized spacial score (nSPS) is 10.2. The van der Waals surface area contributed by atoms with Crippen molar-refractivity contribution in [3.63, 3.8) is 0 Å². The smallest absolute Gasteiger partial charge is 0.328 e. The number of nitrogens with one attached hydrogen (secondary N) is 3. The summed E-state index contributed by atoms with van der Waals surface area (Å²) in [5.74, 6) is -1.88. The van der Waals surface area contributed by atoms with E-state index in [0.29, 0.717) is 5.56 Å². The molecule has 0 bridgehead atoms. The maximum Gasteiger partial charge on any atom is 0.328 e. The topological polar surface area (TPSA) is 252 Å². The number of ketones is 1. The summed E-state index contributed by atoms with van der Waals surface area (Å²) in [7, 11) is 0. The fourth-order valence-corrected chi connectivity index (χ4v) is 3.69. The van der Waals surface area contributed by atoms with Gasteiger partial charge in [0.05, 0.1) is 6.42 Å². The minimum absolute atomic E-state index is 0.0688. The molecule has 0 heterocycles. The van der Waals surface area contributed by atoms with Crippen LogP contribution < -0.4 is 38.9 Å². The summed E-state index contributed by atoms with van der Waals surface area (Å²) in [5.41, 5.74) is 22.7. The molecule has 0 aliphatic carbocycles. The summed E-state index contributed by atoms with van der Waals surface area (Å²) in [6.45, 7) is 9.60. The molecule has 0 atom stereocenters. The summed E-state index contributed by atoms with van der Waals surface area (Å²) in [6.07, 6.45) is 10.5. The van der Waals surface area contributed by atoms with Crippen LogP contribution in [0.5, 0.6) is 5.75 Å². The van der Waals surface area contributed by atoms with Crippen LogP contribution >= 0.6 is 0 Å². The van der Waals surface area contributed by atoms with Gasteiger partial charge in [-0.25, -0.2) is 4.79 Å². The van der Waals surface area contributed by atoms with Crippen molar-refractivity contribution < 1.29 is 29.7 Å². The summed E-state index contributed by atoms with van der Waals surface area (Å²) in [4.78, 5) is 31.6. The second-order valence-corrected chi connectivity index (χ2v) is 10.8. The first kappa shape index (κ1) is 47.4. The number of aliphatic carboxylic acids is 2. The number of carbonyl (C=O) groups is 3. The molecule has 0 spiro atoms. The first-order valence-electron chi connectivity index (χ1n) is 17.1. The van der Waals surface area contributed by atoms with Crippen molar-refractivity contribution in [2.75, 3.05) is 65.4 Å².